The van der Waals surface area contributed by atoms with Crippen LogP contribution in [0.2, 0.25) is 0 Å². The summed E-state index contributed by atoms with van der Waals surface area (Å²) in [5, 5.41) is 12.8. The molecule has 1 fully saturated rings. The lowest BCUT2D eigenvalue weighted by molar-refractivity contribution is -0.159. The lowest BCUT2D eigenvalue weighted by Crippen LogP contribution is -2.49. The lowest BCUT2D eigenvalue weighted by atomic mass is 9.97. The first-order valence-corrected chi connectivity index (χ1v) is 6.47. The van der Waals surface area contributed by atoms with Gasteiger partial charge in [-0.25, -0.2) is 4.79 Å². The van der Waals surface area contributed by atoms with Gasteiger partial charge in [0.1, 0.15) is 5.76 Å². The van der Waals surface area contributed by atoms with E-state index < -0.39 is 18.0 Å². The predicted octanol–water partition coefficient (Wildman–Crippen LogP) is 0.707. The van der Waals surface area contributed by atoms with E-state index in [1.165, 1.54) is 4.90 Å². The highest BCUT2D eigenvalue weighted by Gasteiger charge is 2.33. The summed E-state index contributed by atoms with van der Waals surface area (Å²) in [6.45, 7) is 6.03. The van der Waals surface area contributed by atoms with Gasteiger partial charge >= 0.3 is 5.97 Å². The third kappa shape index (κ3) is 2.67. The smallest absolute Gasteiger partial charge is 0.334 e. The molecule has 110 valence electrons. The molecule has 1 aliphatic heterocycles. The van der Waals surface area contributed by atoms with Crippen LogP contribution in [0, 0.1) is 13.8 Å². The van der Waals surface area contributed by atoms with Crippen molar-refractivity contribution in [3.8, 4) is 0 Å². The number of rotatable bonds is 3. The maximum Gasteiger partial charge on any atom is 0.334 e. The minimum absolute atomic E-state index is 0.0713. The van der Waals surface area contributed by atoms with Crippen molar-refractivity contribution in [2.45, 2.75) is 32.8 Å². The molecule has 1 saturated heterocycles. The Morgan fingerprint density at radius 3 is 2.70 bits per heavy atom. The number of hydrogen-bond donors (Lipinski definition) is 1. The van der Waals surface area contributed by atoms with Crippen LogP contribution in [0.25, 0.3) is 0 Å². The number of carbonyl (C=O) groups is 2. The van der Waals surface area contributed by atoms with E-state index in [9.17, 15) is 9.59 Å². The van der Waals surface area contributed by atoms with E-state index in [0.717, 1.165) is 5.56 Å². The topological polar surface area (TPSA) is 92.9 Å². The molecule has 2 heterocycles. The highest BCUT2D eigenvalue weighted by Crippen LogP contribution is 2.25. The van der Waals surface area contributed by atoms with Crippen LogP contribution in [0.4, 0.5) is 0 Å². The molecule has 2 atom stereocenters. The Hall–Kier alpha value is -1.89. The fourth-order valence-electron chi connectivity index (χ4n) is 2.50. The largest absolute Gasteiger partial charge is 0.479 e. The molecule has 0 saturated carbocycles. The van der Waals surface area contributed by atoms with Gasteiger partial charge < -0.3 is 19.3 Å². The molecule has 1 N–H and O–H groups in total. The number of aryl methyl sites for hydroxylation is 2. The molecule has 1 aromatic rings. The second kappa shape index (κ2) is 5.62. The van der Waals surface area contributed by atoms with Gasteiger partial charge in [-0.05, 0) is 20.8 Å². The van der Waals surface area contributed by atoms with Gasteiger partial charge in [-0.2, -0.15) is 0 Å². The monoisotopic (exact) mass is 282 g/mol. The summed E-state index contributed by atoms with van der Waals surface area (Å²) in [6, 6.07) is 0. The number of carboxylic acid groups (broad SMARTS) is 1. The van der Waals surface area contributed by atoms with E-state index in [-0.39, 0.29) is 19.1 Å². The second-order valence-corrected chi connectivity index (χ2v) is 4.94. The zero-order valence-corrected chi connectivity index (χ0v) is 11.8. The number of morpholine rings is 1. The SMILES string of the molecule is Cc1noc(C)c1[C@H](C)C(=O)N1CCO[C@H](C(=O)O)C1. The molecule has 1 aromatic heterocycles. The summed E-state index contributed by atoms with van der Waals surface area (Å²) in [7, 11) is 0. The highest BCUT2D eigenvalue weighted by molar-refractivity contribution is 5.84. The average molecular weight is 282 g/mol. The van der Waals surface area contributed by atoms with Crippen molar-refractivity contribution >= 4 is 11.9 Å². The van der Waals surface area contributed by atoms with E-state index in [1.807, 2.05) is 0 Å². The van der Waals surface area contributed by atoms with Crippen LogP contribution in [0.5, 0.6) is 0 Å². The summed E-state index contributed by atoms with van der Waals surface area (Å²) in [4.78, 5) is 24.9. The molecule has 0 bridgehead atoms. The molecule has 1 aliphatic rings. The van der Waals surface area contributed by atoms with Crippen molar-refractivity contribution < 1.29 is 24.0 Å². The van der Waals surface area contributed by atoms with Crippen LogP contribution in [0.3, 0.4) is 0 Å². The number of aliphatic carboxylic acids is 1. The third-order valence-electron chi connectivity index (χ3n) is 3.55. The van der Waals surface area contributed by atoms with E-state index in [4.69, 9.17) is 14.4 Å². The molecular weight excluding hydrogens is 264 g/mol. The summed E-state index contributed by atoms with van der Waals surface area (Å²) < 4.78 is 10.2. The van der Waals surface area contributed by atoms with Crippen LogP contribution >= 0.6 is 0 Å². The Morgan fingerprint density at radius 1 is 1.45 bits per heavy atom. The highest BCUT2D eigenvalue weighted by atomic mass is 16.5. The zero-order chi connectivity index (χ0) is 14.9. The first kappa shape index (κ1) is 14.5. The molecule has 0 radical (unpaired) electrons. The van der Waals surface area contributed by atoms with Gasteiger partial charge in [-0.3, -0.25) is 4.79 Å². The van der Waals surface area contributed by atoms with Crippen molar-refractivity contribution in [2.75, 3.05) is 19.7 Å². The Morgan fingerprint density at radius 2 is 2.15 bits per heavy atom. The van der Waals surface area contributed by atoms with Crippen LogP contribution < -0.4 is 0 Å². The first-order valence-electron chi connectivity index (χ1n) is 6.47. The minimum atomic E-state index is -1.05. The average Bonchev–Trinajstić information content (AvgIpc) is 2.76. The minimum Gasteiger partial charge on any atom is -0.479 e. The van der Waals surface area contributed by atoms with Crippen molar-refractivity contribution in [1.29, 1.82) is 0 Å². The maximum absolute atomic E-state index is 12.5. The Kier molecular flexibility index (Phi) is 4.08. The first-order chi connectivity index (χ1) is 9.41. The van der Waals surface area contributed by atoms with Gasteiger partial charge in [0.15, 0.2) is 6.10 Å². The van der Waals surface area contributed by atoms with Crippen LogP contribution in [-0.2, 0) is 14.3 Å². The van der Waals surface area contributed by atoms with Gasteiger partial charge in [-0.1, -0.05) is 5.16 Å². The fourth-order valence-corrected chi connectivity index (χ4v) is 2.50. The Labute approximate surface area is 116 Å². The second-order valence-electron chi connectivity index (χ2n) is 4.94. The quantitative estimate of drug-likeness (QED) is 0.877. The summed E-state index contributed by atoms with van der Waals surface area (Å²) in [6.07, 6.45) is -0.954. The predicted molar refractivity (Wildman–Crippen MR) is 68.3 cm³/mol. The molecule has 0 aliphatic carbocycles. The van der Waals surface area contributed by atoms with Crippen molar-refractivity contribution in [2.24, 2.45) is 0 Å². The number of carbonyl (C=O) groups excluding carboxylic acids is 1. The fraction of sp³-hybridized carbons (Fsp3) is 0.615. The summed E-state index contributed by atoms with van der Waals surface area (Å²) >= 11 is 0. The Balaban J connectivity index is 2.13. The van der Waals surface area contributed by atoms with Gasteiger partial charge in [0.05, 0.1) is 24.8 Å². The van der Waals surface area contributed by atoms with Gasteiger partial charge in [0, 0.05) is 12.1 Å². The van der Waals surface area contributed by atoms with Gasteiger partial charge in [0.2, 0.25) is 5.91 Å². The standard InChI is InChI=1S/C13H18N2O5/c1-7(11-8(2)14-20-9(11)3)12(16)15-4-5-19-10(6-15)13(17)18/h7,10H,4-6H2,1-3H3,(H,17,18)/t7-,10-/m0/s1. The van der Waals surface area contributed by atoms with Crippen molar-refractivity contribution in [1.82, 2.24) is 10.1 Å². The maximum atomic E-state index is 12.5. The van der Waals surface area contributed by atoms with E-state index in [0.29, 0.717) is 18.0 Å². The zero-order valence-electron chi connectivity index (χ0n) is 11.8. The molecule has 0 spiro atoms. The van der Waals surface area contributed by atoms with Crippen molar-refractivity contribution in [3.05, 3.63) is 17.0 Å². The number of amides is 1. The normalized spacial score (nSPS) is 20.8. The molecule has 20 heavy (non-hydrogen) atoms. The van der Waals surface area contributed by atoms with Crippen LogP contribution in [-0.4, -0.2) is 52.8 Å². The van der Waals surface area contributed by atoms with E-state index in [2.05, 4.69) is 5.16 Å². The van der Waals surface area contributed by atoms with E-state index in [1.54, 1.807) is 20.8 Å². The Bertz CT molecular complexity index is 505. The lowest BCUT2D eigenvalue weighted by Gasteiger charge is -2.32. The van der Waals surface area contributed by atoms with Gasteiger partial charge in [-0.15, -0.1) is 0 Å². The number of hydrogen-bond acceptors (Lipinski definition) is 5. The van der Waals surface area contributed by atoms with Crippen LogP contribution in [0.15, 0.2) is 4.52 Å². The molecule has 7 heteroatoms. The number of aromatic nitrogens is 1. The third-order valence-corrected chi connectivity index (χ3v) is 3.55. The molecule has 7 nitrogen and oxygen atoms in total. The molecule has 1 amide bonds. The molecule has 0 aromatic carbocycles. The number of ether oxygens (including phenoxy) is 1. The molecule has 0 unspecified atom stereocenters. The number of carboxylic acids is 1. The van der Waals surface area contributed by atoms with E-state index >= 15 is 0 Å². The van der Waals surface area contributed by atoms with Crippen LogP contribution in [0.1, 0.15) is 29.9 Å². The van der Waals surface area contributed by atoms with Gasteiger partial charge in [0.25, 0.3) is 0 Å². The number of nitrogens with zero attached hydrogens (tertiary/aromatic N) is 2. The summed E-state index contributed by atoms with van der Waals surface area (Å²) in [5.74, 6) is -0.971. The molecular formula is C13H18N2O5. The molecule has 2 rings (SSSR count). The summed E-state index contributed by atoms with van der Waals surface area (Å²) in [5.41, 5.74) is 1.46. The van der Waals surface area contributed by atoms with Crippen molar-refractivity contribution in [3.63, 3.8) is 0 Å².